The lowest BCUT2D eigenvalue weighted by Gasteiger charge is -2.26. The normalized spacial score (nSPS) is 14.2. The predicted molar refractivity (Wildman–Crippen MR) is 57.4 cm³/mol. The summed E-state index contributed by atoms with van der Waals surface area (Å²) >= 11 is 0. The molecule has 0 aliphatic heterocycles. The Hall–Kier alpha value is -0.590. The van der Waals surface area contributed by atoms with Crippen LogP contribution in [0.15, 0.2) is 11.6 Å². The van der Waals surface area contributed by atoms with Gasteiger partial charge in [-0.05, 0) is 13.3 Å². The van der Waals surface area contributed by atoms with E-state index < -0.39 is 18.6 Å². The number of ether oxygens (including phenoxy) is 3. The highest BCUT2D eigenvalue weighted by Crippen LogP contribution is 2.22. The average Bonchev–Trinajstić information content (AvgIpc) is 2.24. The molecular weight excluding hydrogens is 237 g/mol. The van der Waals surface area contributed by atoms with Crippen LogP contribution in [0.4, 0.5) is 13.2 Å². The van der Waals surface area contributed by atoms with E-state index in [1.54, 1.807) is 13.8 Å². The van der Waals surface area contributed by atoms with Crippen LogP contribution in [-0.4, -0.2) is 33.0 Å². The molecule has 0 saturated carbocycles. The molecule has 0 radical (unpaired) electrons. The summed E-state index contributed by atoms with van der Waals surface area (Å²) in [7, 11) is 2.85. The van der Waals surface area contributed by atoms with Gasteiger partial charge in [0.1, 0.15) is 0 Å². The quantitative estimate of drug-likeness (QED) is 0.517. The van der Waals surface area contributed by atoms with E-state index in [0.717, 1.165) is 0 Å². The Kier molecular flexibility index (Phi) is 6.74. The summed E-state index contributed by atoms with van der Waals surface area (Å²) in [6.45, 7) is 3.44. The van der Waals surface area contributed by atoms with Crippen LogP contribution >= 0.6 is 0 Å². The van der Waals surface area contributed by atoms with Gasteiger partial charge in [-0.15, -0.1) is 0 Å². The molecule has 102 valence electrons. The van der Waals surface area contributed by atoms with Gasteiger partial charge in [0.25, 0.3) is 5.97 Å². The maximum absolute atomic E-state index is 11.9. The standard InChI is InChI=1S/C11H19F3O3/c1-9(6-5-7-11(12,13)14)8-17-10(2,15-3)16-4/h6H,5,7-8H2,1-4H3. The van der Waals surface area contributed by atoms with Crippen LogP contribution in [0, 0.1) is 0 Å². The Morgan fingerprint density at radius 3 is 2.12 bits per heavy atom. The Labute approximate surface area is 99.5 Å². The fraction of sp³-hybridized carbons (Fsp3) is 0.818. The van der Waals surface area contributed by atoms with E-state index in [4.69, 9.17) is 14.2 Å². The second kappa shape index (κ2) is 6.98. The van der Waals surface area contributed by atoms with Gasteiger partial charge in [0.2, 0.25) is 0 Å². The topological polar surface area (TPSA) is 27.7 Å². The van der Waals surface area contributed by atoms with Crippen LogP contribution in [0.5, 0.6) is 0 Å². The number of halogens is 3. The summed E-state index contributed by atoms with van der Waals surface area (Å²) in [5.41, 5.74) is 0.703. The molecule has 0 spiro atoms. The van der Waals surface area contributed by atoms with Crippen LogP contribution in [0.1, 0.15) is 26.7 Å². The summed E-state index contributed by atoms with van der Waals surface area (Å²) in [5.74, 6) is -1.17. The maximum Gasteiger partial charge on any atom is 0.389 e. The van der Waals surface area contributed by atoms with Crippen molar-refractivity contribution in [3.63, 3.8) is 0 Å². The van der Waals surface area contributed by atoms with E-state index in [0.29, 0.717) is 5.57 Å². The molecular formula is C11H19F3O3. The smallest absolute Gasteiger partial charge is 0.331 e. The summed E-state index contributed by atoms with van der Waals surface area (Å²) in [6, 6.07) is 0. The fourth-order valence-corrected chi connectivity index (χ4v) is 0.987. The Balaban J connectivity index is 4.01. The number of allylic oxidation sites excluding steroid dienone is 1. The molecule has 0 heterocycles. The van der Waals surface area contributed by atoms with Gasteiger partial charge in [-0.2, -0.15) is 13.2 Å². The lowest BCUT2D eigenvalue weighted by Crippen LogP contribution is -2.33. The Morgan fingerprint density at radius 2 is 1.71 bits per heavy atom. The minimum absolute atomic E-state index is 0.0463. The number of hydrogen-bond donors (Lipinski definition) is 0. The summed E-state index contributed by atoms with van der Waals surface area (Å²) < 4.78 is 50.8. The van der Waals surface area contributed by atoms with Gasteiger partial charge in [0, 0.05) is 27.6 Å². The molecule has 17 heavy (non-hydrogen) atoms. The van der Waals surface area contributed by atoms with E-state index in [9.17, 15) is 13.2 Å². The molecule has 0 amide bonds. The first-order valence-electron chi connectivity index (χ1n) is 5.19. The van der Waals surface area contributed by atoms with Crippen LogP contribution in [0.25, 0.3) is 0 Å². The fourth-order valence-electron chi connectivity index (χ4n) is 0.987. The Bertz CT molecular complexity index is 245. The van der Waals surface area contributed by atoms with Gasteiger partial charge in [-0.3, -0.25) is 0 Å². The second-order valence-electron chi connectivity index (χ2n) is 3.76. The molecule has 0 bridgehead atoms. The molecule has 6 heteroatoms. The number of hydrogen-bond acceptors (Lipinski definition) is 3. The summed E-state index contributed by atoms with van der Waals surface area (Å²) in [6.07, 6.45) is -3.49. The minimum Gasteiger partial charge on any atom is -0.331 e. The van der Waals surface area contributed by atoms with E-state index in [1.165, 1.54) is 20.3 Å². The molecule has 0 aromatic heterocycles. The van der Waals surface area contributed by atoms with Crippen molar-refractivity contribution in [2.75, 3.05) is 20.8 Å². The van der Waals surface area contributed by atoms with Gasteiger partial charge in [-0.1, -0.05) is 11.6 Å². The van der Waals surface area contributed by atoms with Crippen molar-refractivity contribution in [1.82, 2.24) is 0 Å². The molecule has 0 aromatic carbocycles. The highest BCUT2D eigenvalue weighted by molar-refractivity contribution is 4.98. The molecule has 0 aliphatic carbocycles. The molecule has 0 fully saturated rings. The molecule has 0 aromatic rings. The molecule has 0 saturated heterocycles. The van der Waals surface area contributed by atoms with Crippen LogP contribution in [0.3, 0.4) is 0 Å². The monoisotopic (exact) mass is 256 g/mol. The van der Waals surface area contributed by atoms with Crippen LogP contribution in [-0.2, 0) is 14.2 Å². The van der Waals surface area contributed by atoms with Crippen molar-refractivity contribution < 1.29 is 27.4 Å². The summed E-state index contributed by atoms with van der Waals surface area (Å²) in [4.78, 5) is 0. The van der Waals surface area contributed by atoms with Gasteiger partial charge in [0.15, 0.2) is 0 Å². The van der Waals surface area contributed by atoms with E-state index in [1.807, 2.05) is 0 Å². The van der Waals surface area contributed by atoms with E-state index in [-0.39, 0.29) is 13.0 Å². The third kappa shape index (κ3) is 8.18. The third-order valence-corrected chi connectivity index (χ3v) is 2.22. The maximum atomic E-state index is 11.9. The van der Waals surface area contributed by atoms with Crippen LogP contribution in [0.2, 0.25) is 0 Å². The summed E-state index contributed by atoms with van der Waals surface area (Å²) in [5, 5.41) is 0. The van der Waals surface area contributed by atoms with Crippen molar-refractivity contribution in [2.45, 2.75) is 38.8 Å². The zero-order valence-corrected chi connectivity index (χ0v) is 10.6. The van der Waals surface area contributed by atoms with Crippen molar-refractivity contribution in [3.05, 3.63) is 11.6 Å². The molecule has 3 nitrogen and oxygen atoms in total. The number of alkyl halides is 3. The van der Waals surface area contributed by atoms with Gasteiger partial charge >= 0.3 is 6.18 Å². The van der Waals surface area contributed by atoms with E-state index >= 15 is 0 Å². The van der Waals surface area contributed by atoms with Crippen molar-refractivity contribution in [1.29, 1.82) is 0 Å². The van der Waals surface area contributed by atoms with E-state index in [2.05, 4.69) is 0 Å². The zero-order valence-electron chi connectivity index (χ0n) is 10.6. The van der Waals surface area contributed by atoms with Crippen molar-refractivity contribution in [2.24, 2.45) is 0 Å². The molecule has 0 aliphatic rings. The predicted octanol–water partition coefficient (Wildman–Crippen LogP) is 3.26. The first-order valence-corrected chi connectivity index (χ1v) is 5.19. The molecule has 0 unspecified atom stereocenters. The SMILES string of the molecule is COC(C)(OC)OCC(C)=CCCC(F)(F)F. The zero-order chi connectivity index (χ0) is 13.5. The minimum atomic E-state index is -4.12. The largest absolute Gasteiger partial charge is 0.389 e. The second-order valence-corrected chi connectivity index (χ2v) is 3.76. The highest BCUT2D eigenvalue weighted by atomic mass is 19.4. The molecule has 0 rings (SSSR count). The van der Waals surface area contributed by atoms with Crippen molar-refractivity contribution >= 4 is 0 Å². The van der Waals surface area contributed by atoms with Gasteiger partial charge < -0.3 is 14.2 Å². The number of rotatable bonds is 7. The Morgan fingerprint density at radius 1 is 1.18 bits per heavy atom. The highest BCUT2D eigenvalue weighted by Gasteiger charge is 2.26. The van der Waals surface area contributed by atoms with Crippen LogP contribution < -0.4 is 0 Å². The first kappa shape index (κ1) is 16.4. The lowest BCUT2D eigenvalue weighted by atomic mass is 10.2. The molecule has 0 atom stereocenters. The third-order valence-electron chi connectivity index (χ3n) is 2.22. The number of methoxy groups -OCH3 is 2. The van der Waals surface area contributed by atoms with Gasteiger partial charge in [-0.25, -0.2) is 0 Å². The van der Waals surface area contributed by atoms with Crippen molar-refractivity contribution in [3.8, 4) is 0 Å². The van der Waals surface area contributed by atoms with Gasteiger partial charge in [0.05, 0.1) is 6.61 Å². The first-order chi connectivity index (χ1) is 7.72. The average molecular weight is 256 g/mol. The lowest BCUT2D eigenvalue weighted by molar-refractivity contribution is -0.347. The molecule has 0 N–H and O–H groups in total.